The standard InChI is InChI=1S/2C19H26O3/c1-18-9-3-4-13(18)12-7-5-11-6-8-14(20)17(22)19(11,2)16(12)15(21)10-18;1-18-8-3-4-12(18)11-5-6-14-15(20)10-16(21)17(22)19(14,2)13(11)7-9-18/h6,8,11-13,15-16,21H,3-5,7,9-10H2,1-2H3;10-14,20H,3-9H2,1-2H3/t11?,12-,13-,15-,16+,18-,19-;11-,12-,13-,14?,18-,19+/m00/s1. The van der Waals surface area contributed by atoms with Crippen LogP contribution in [0.25, 0.3) is 0 Å². The van der Waals surface area contributed by atoms with Crippen LogP contribution in [-0.4, -0.2) is 39.5 Å². The zero-order valence-corrected chi connectivity index (χ0v) is 27.1. The molecular weight excluding hydrogens is 552 g/mol. The Morgan fingerprint density at radius 2 is 1.32 bits per heavy atom. The first-order valence-corrected chi connectivity index (χ1v) is 17.7. The minimum Gasteiger partial charge on any atom is -0.512 e. The maximum absolute atomic E-state index is 12.7. The summed E-state index contributed by atoms with van der Waals surface area (Å²) in [6.07, 6.45) is 18.7. The molecule has 0 amide bonds. The highest BCUT2D eigenvalue weighted by atomic mass is 16.3. The normalized spacial score (nSPS) is 52.4. The molecule has 44 heavy (non-hydrogen) atoms. The van der Waals surface area contributed by atoms with Gasteiger partial charge in [-0.1, -0.05) is 46.6 Å². The van der Waals surface area contributed by atoms with Gasteiger partial charge < -0.3 is 10.2 Å². The molecule has 0 aromatic heterocycles. The molecule has 6 heteroatoms. The van der Waals surface area contributed by atoms with E-state index in [1.165, 1.54) is 57.1 Å². The number of allylic oxidation sites excluding steroid dienone is 4. The fourth-order valence-electron chi connectivity index (χ4n) is 13.4. The van der Waals surface area contributed by atoms with Crippen LogP contribution in [0.3, 0.4) is 0 Å². The first kappa shape index (κ1) is 30.6. The van der Waals surface area contributed by atoms with Gasteiger partial charge in [0.25, 0.3) is 0 Å². The Bertz CT molecular complexity index is 1340. The molecule has 2 N–H and O–H groups in total. The number of carbonyl (C=O) groups is 4. The van der Waals surface area contributed by atoms with Crippen molar-refractivity contribution in [2.75, 3.05) is 0 Å². The van der Waals surface area contributed by atoms with Crippen molar-refractivity contribution in [3.8, 4) is 0 Å². The number of aliphatic hydroxyl groups is 2. The molecule has 0 bridgehead atoms. The SMILES string of the molecule is C[C@@]12CCC[C@H]1[C@@H]1CCC3C(O)=CC(=O)C(=O)[C@]3(C)[C@H]1CC2.C[C@@]12CCC[C@H]1[C@@H]1CCC3C=CC(=O)C(=O)[C@]3(C)[C@H]1[C@@H](O)C2. The Balaban J connectivity index is 0.000000142. The molecule has 13 atom stereocenters. The highest BCUT2D eigenvalue weighted by molar-refractivity contribution is 6.44. The number of ketones is 4. The van der Waals surface area contributed by atoms with Gasteiger partial charge in [-0.2, -0.15) is 0 Å². The fourth-order valence-corrected chi connectivity index (χ4v) is 13.4. The van der Waals surface area contributed by atoms with E-state index in [9.17, 15) is 29.4 Å². The molecule has 6 fully saturated rings. The van der Waals surface area contributed by atoms with Crippen LogP contribution in [0.2, 0.25) is 0 Å². The van der Waals surface area contributed by atoms with Crippen molar-refractivity contribution in [3.63, 3.8) is 0 Å². The number of hydrogen-bond acceptors (Lipinski definition) is 6. The molecule has 0 heterocycles. The van der Waals surface area contributed by atoms with Crippen molar-refractivity contribution in [1.82, 2.24) is 0 Å². The molecule has 8 rings (SSSR count). The quantitative estimate of drug-likeness (QED) is 0.296. The van der Waals surface area contributed by atoms with Crippen molar-refractivity contribution in [3.05, 3.63) is 24.0 Å². The lowest BCUT2D eigenvalue weighted by Gasteiger charge is -2.59. The first-order valence-electron chi connectivity index (χ1n) is 17.7. The molecule has 0 aromatic carbocycles. The summed E-state index contributed by atoms with van der Waals surface area (Å²) >= 11 is 0. The Morgan fingerprint density at radius 1 is 0.682 bits per heavy atom. The van der Waals surface area contributed by atoms with E-state index in [1.54, 1.807) is 0 Å². The number of fused-ring (bicyclic) bond motifs is 10. The summed E-state index contributed by atoms with van der Waals surface area (Å²) in [5, 5.41) is 21.2. The number of rotatable bonds is 0. The maximum atomic E-state index is 12.7. The van der Waals surface area contributed by atoms with Gasteiger partial charge in [0.2, 0.25) is 23.1 Å². The molecule has 2 unspecified atom stereocenters. The van der Waals surface area contributed by atoms with Gasteiger partial charge >= 0.3 is 0 Å². The number of carbonyl (C=O) groups excluding carboxylic acids is 4. The average Bonchev–Trinajstić information content (AvgIpc) is 3.57. The van der Waals surface area contributed by atoms with Crippen LogP contribution in [0.1, 0.15) is 111 Å². The van der Waals surface area contributed by atoms with Crippen LogP contribution in [0, 0.1) is 69.0 Å². The topological polar surface area (TPSA) is 109 Å². The highest BCUT2D eigenvalue weighted by Gasteiger charge is 2.64. The third kappa shape index (κ3) is 4.07. The Kier molecular flexibility index (Phi) is 7.09. The lowest BCUT2D eigenvalue weighted by atomic mass is 9.45. The largest absolute Gasteiger partial charge is 0.512 e. The van der Waals surface area contributed by atoms with Crippen molar-refractivity contribution in [2.24, 2.45) is 69.0 Å². The van der Waals surface area contributed by atoms with Gasteiger partial charge in [0.1, 0.15) is 5.76 Å². The molecule has 0 spiro atoms. The maximum Gasteiger partial charge on any atom is 0.225 e. The van der Waals surface area contributed by atoms with Crippen LogP contribution in [0.4, 0.5) is 0 Å². The van der Waals surface area contributed by atoms with Crippen LogP contribution < -0.4 is 0 Å². The van der Waals surface area contributed by atoms with E-state index in [4.69, 9.17) is 0 Å². The van der Waals surface area contributed by atoms with Gasteiger partial charge in [0, 0.05) is 28.7 Å². The predicted octanol–water partition coefficient (Wildman–Crippen LogP) is 6.74. The second kappa shape index (κ2) is 10.2. The third-order valence-electron chi connectivity index (χ3n) is 15.5. The van der Waals surface area contributed by atoms with Crippen LogP contribution in [-0.2, 0) is 19.2 Å². The van der Waals surface area contributed by atoms with Crippen molar-refractivity contribution in [1.29, 1.82) is 0 Å². The van der Waals surface area contributed by atoms with Gasteiger partial charge in [0.15, 0.2) is 0 Å². The molecule has 8 aliphatic carbocycles. The predicted molar refractivity (Wildman–Crippen MR) is 166 cm³/mol. The summed E-state index contributed by atoms with van der Waals surface area (Å²) in [5.74, 6) is 1.32. The summed E-state index contributed by atoms with van der Waals surface area (Å²) in [5.41, 5.74) is -0.661. The third-order valence-corrected chi connectivity index (χ3v) is 15.5. The van der Waals surface area contributed by atoms with E-state index >= 15 is 0 Å². The van der Waals surface area contributed by atoms with Crippen molar-refractivity contribution in [2.45, 2.75) is 117 Å². The molecule has 6 nitrogen and oxygen atoms in total. The fraction of sp³-hybridized carbons (Fsp3) is 0.789. The number of aliphatic hydroxyl groups excluding tert-OH is 2. The molecule has 0 saturated heterocycles. The Morgan fingerprint density at radius 3 is 2.05 bits per heavy atom. The summed E-state index contributed by atoms with van der Waals surface area (Å²) < 4.78 is 0. The minimum absolute atomic E-state index is 0.0381. The van der Waals surface area contributed by atoms with Gasteiger partial charge in [-0.15, -0.1) is 0 Å². The van der Waals surface area contributed by atoms with Gasteiger partial charge in [-0.25, -0.2) is 0 Å². The minimum atomic E-state index is -0.682. The molecule has 8 aliphatic rings. The van der Waals surface area contributed by atoms with Crippen LogP contribution in [0.5, 0.6) is 0 Å². The number of Topliss-reactive ketones (excluding diaryl/α,β-unsaturated/α-hetero) is 2. The Labute approximate surface area is 262 Å². The van der Waals surface area contributed by atoms with Gasteiger partial charge in [-0.05, 0) is 123 Å². The van der Waals surface area contributed by atoms with E-state index in [0.29, 0.717) is 29.1 Å². The molecule has 0 aliphatic heterocycles. The van der Waals surface area contributed by atoms with Crippen molar-refractivity contribution < 1.29 is 29.4 Å². The Hall–Kier alpha value is -2.08. The summed E-state index contributed by atoms with van der Waals surface area (Å²) in [6, 6.07) is 0. The summed E-state index contributed by atoms with van der Waals surface area (Å²) in [4.78, 5) is 49.5. The zero-order valence-electron chi connectivity index (χ0n) is 27.1. The van der Waals surface area contributed by atoms with Crippen LogP contribution >= 0.6 is 0 Å². The lowest BCUT2D eigenvalue weighted by Crippen LogP contribution is -2.61. The molecule has 240 valence electrons. The monoisotopic (exact) mass is 604 g/mol. The molecule has 0 aromatic rings. The molecule has 0 radical (unpaired) electrons. The van der Waals surface area contributed by atoms with E-state index < -0.39 is 22.7 Å². The van der Waals surface area contributed by atoms with E-state index in [-0.39, 0.29) is 52.2 Å². The van der Waals surface area contributed by atoms with Gasteiger partial charge in [-0.3, -0.25) is 19.2 Å². The van der Waals surface area contributed by atoms with E-state index in [1.807, 2.05) is 19.9 Å². The second-order valence-corrected chi connectivity index (χ2v) is 17.3. The lowest BCUT2D eigenvalue weighted by molar-refractivity contribution is -0.169. The average molecular weight is 605 g/mol. The summed E-state index contributed by atoms with van der Waals surface area (Å²) in [7, 11) is 0. The molecule has 6 saturated carbocycles. The smallest absolute Gasteiger partial charge is 0.225 e. The second-order valence-electron chi connectivity index (χ2n) is 17.3. The van der Waals surface area contributed by atoms with E-state index in [2.05, 4.69) is 13.8 Å². The molecular formula is C38H52O6. The highest BCUT2D eigenvalue weighted by Crippen LogP contribution is 2.66. The van der Waals surface area contributed by atoms with Gasteiger partial charge in [0.05, 0.1) is 6.10 Å². The van der Waals surface area contributed by atoms with Crippen LogP contribution in [0.15, 0.2) is 24.0 Å². The first-order chi connectivity index (χ1) is 20.8. The van der Waals surface area contributed by atoms with Crippen molar-refractivity contribution >= 4 is 23.1 Å². The number of hydrogen-bond donors (Lipinski definition) is 2. The summed E-state index contributed by atoms with van der Waals surface area (Å²) in [6.45, 7) is 8.68. The van der Waals surface area contributed by atoms with E-state index in [0.717, 1.165) is 38.5 Å². The zero-order chi connectivity index (χ0) is 31.4.